The van der Waals surface area contributed by atoms with Gasteiger partial charge in [0, 0.05) is 20.3 Å². The number of hydrogen-bond acceptors (Lipinski definition) is 5. The highest BCUT2D eigenvalue weighted by atomic mass is 16.5. The number of carbonyl (C=O) groups is 2. The fourth-order valence-corrected chi connectivity index (χ4v) is 1.77. The standard InChI is InChI=1S/C15H20O7/c1-20-6-2-3-7-21-9-11-8-12(22-10-14(16)17)4-5-13(11)15(18)19/h4-5,8H,2-3,6-7,9-10H2,1H3,(H,16,17)(H,18,19). The molecule has 1 aromatic carbocycles. The average molecular weight is 312 g/mol. The molecule has 0 spiro atoms. The number of ether oxygens (including phenoxy) is 3. The minimum Gasteiger partial charge on any atom is -0.482 e. The molecule has 0 amide bonds. The minimum absolute atomic E-state index is 0.111. The molecule has 0 aliphatic carbocycles. The first-order valence-corrected chi connectivity index (χ1v) is 6.82. The van der Waals surface area contributed by atoms with E-state index < -0.39 is 18.5 Å². The lowest BCUT2D eigenvalue weighted by Gasteiger charge is -2.10. The molecule has 0 unspecified atom stereocenters. The van der Waals surface area contributed by atoms with Crippen molar-refractivity contribution in [2.45, 2.75) is 19.4 Å². The molecule has 0 radical (unpaired) electrons. The molecule has 0 fully saturated rings. The van der Waals surface area contributed by atoms with E-state index in [1.807, 2.05) is 0 Å². The van der Waals surface area contributed by atoms with E-state index in [0.29, 0.717) is 24.5 Å². The maximum absolute atomic E-state index is 11.2. The Bertz CT molecular complexity index is 499. The Labute approximate surface area is 128 Å². The SMILES string of the molecule is COCCCCOCc1cc(OCC(=O)O)ccc1C(=O)O. The van der Waals surface area contributed by atoms with E-state index >= 15 is 0 Å². The van der Waals surface area contributed by atoms with Crippen LogP contribution in [0.1, 0.15) is 28.8 Å². The topological polar surface area (TPSA) is 102 Å². The summed E-state index contributed by atoms with van der Waals surface area (Å²) in [7, 11) is 1.63. The second-order valence-electron chi connectivity index (χ2n) is 4.56. The summed E-state index contributed by atoms with van der Waals surface area (Å²) in [4.78, 5) is 21.6. The number of hydrogen-bond donors (Lipinski definition) is 2. The molecule has 0 saturated carbocycles. The Morgan fingerprint density at radius 3 is 2.50 bits per heavy atom. The van der Waals surface area contributed by atoms with Crippen LogP contribution in [0.2, 0.25) is 0 Å². The molecule has 1 rings (SSSR count). The number of carboxylic acid groups (broad SMARTS) is 2. The van der Waals surface area contributed by atoms with Crippen molar-refractivity contribution < 1.29 is 34.0 Å². The molecule has 1 aromatic rings. The van der Waals surface area contributed by atoms with Gasteiger partial charge in [-0.15, -0.1) is 0 Å². The molecule has 2 N–H and O–H groups in total. The van der Waals surface area contributed by atoms with Gasteiger partial charge in [-0.1, -0.05) is 0 Å². The molecule has 0 atom stereocenters. The van der Waals surface area contributed by atoms with Crippen molar-refractivity contribution in [3.05, 3.63) is 29.3 Å². The van der Waals surface area contributed by atoms with Crippen molar-refractivity contribution in [1.82, 2.24) is 0 Å². The first kappa shape index (κ1) is 17.9. The molecule has 0 saturated heterocycles. The third kappa shape index (κ3) is 6.55. The van der Waals surface area contributed by atoms with Crippen molar-refractivity contribution in [2.24, 2.45) is 0 Å². The van der Waals surface area contributed by atoms with Gasteiger partial charge in [0.05, 0.1) is 12.2 Å². The van der Waals surface area contributed by atoms with Crippen LogP contribution >= 0.6 is 0 Å². The van der Waals surface area contributed by atoms with E-state index in [-0.39, 0.29) is 12.2 Å². The largest absolute Gasteiger partial charge is 0.482 e. The molecule has 22 heavy (non-hydrogen) atoms. The van der Waals surface area contributed by atoms with Gasteiger partial charge in [0.2, 0.25) is 0 Å². The van der Waals surface area contributed by atoms with E-state index in [4.69, 9.17) is 24.4 Å². The lowest BCUT2D eigenvalue weighted by molar-refractivity contribution is -0.139. The van der Waals surface area contributed by atoms with Crippen molar-refractivity contribution in [1.29, 1.82) is 0 Å². The zero-order valence-electron chi connectivity index (χ0n) is 12.4. The molecule has 7 heteroatoms. The summed E-state index contributed by atoms with van der Waals surface area (Å²) in [5.41, 5.74) is 0.557. The molecular formula is C15H20O7. The molecule has 0 bridgehead atoms. The van der Waals surface area contributed by atoms with Crippen molar-refractivity contribution in [2.75, 3.05) is 26.9 Å². The zero-order valence-corrected chi connectivity index (χ0v) is 12.4. The second-order valence-corrected chi connectivity index (χ2v) is 4.56. The number of rotatable bonds is 11. The summed E-state index contributed by atoms with van der Waals surface area (Å²) in [5.74, 6) is -1.87. The van der Waals surface area contributed by atoms with Crippen LogP contribution in [0.5, 0.6) is 5.75 Å². The van der Waals surface area contributed by atoms with Crippen LogP contribution in [-0.4, -0.2) is 49.1 Å². The molecular weight excluding hydrogens is 292 g/mol. The Balaban J connectivity index is 2.61. The van der Waals surface area contributed by atoms with Gasteiger partial charge in [-0.2, -0.15) is 0 Å². The quantitative estimate of drug-likeness (QED) is 0.600. The zero-order chi connectivity index (χ0) is 16.4. The summed E-state index contributed by atoms with van der Waals surface area (Å²) in [6, 6.07) is 4.29. The van der Waals surface area contributed by atoms with Crippen LogP contribution < -0.4 is 4.74 Å². The normalized spacial score (nSPS) is 10.4. The van der Waals surface area contributed by atoms with E-state index in [1.165, 1.54) is 18.2 Å². The number of carboxylic acids is 2. The predicted molar refractivity (Wildman–Crippen MR) is 77.3 cm³/mol. The van der Waals surface area contributed by atoms with Crippen LogP contribution in [0.25, 0.3) is 0 Å². The Hall–Kier alpha value is -2.12. The lowest BCUT2D eigenvalue weighted by Crippen LogP contribution is -2.11. The van der Waals surface area contributed by atoms with Gasteiger partial charge in [0.15, 0.2) is 6.61 Å². The van der Waals surface area contributed by atoms with E-state index in [2.05, 4.69) is 0 Å². The minimum atomic E-state index is -1.10. The first-order valence-electron chi connectivity index (χ1n) is 6.82. The maximum atomic E-state index is 11.2. The van der Waals surface area contributed by atoms with E-state index in [0.717, 1.165) is 12.8 Å². The van der Waals surface area contributed by atoms with Crippen LogP contribution in [0.3, 0.4) is 0 Å². The molecule has 122 valence electrons. The van der Waals surface area contributed by atoms with Gasteiger partial charge in [-0.05, 0) is 36.6 Å². The summed E-state index contributed by atoms with van der Waals surface area (Å²) < 4.78 is 15.4. The number of aromatic carboxylic acids is 1. The van der Waals surface area contributed by atoms with Crippen LogP contribution in [-0.2, 0) is 20.9 Å². The van der Waals surface area contributed by atoms with Crippen molar-refractivity contribution in [3.8, 4) is 5.75 Å². The van der Waals surface area contributed by atoms with E-state index in [9.17, 15) is 9.59 Å². The summed E-state index contributed by atoms with van der Waals surface area (Å²) in [6.45, 7) is 0.785. The molecule has 0 aromatic heterocycles. The highest BCUT2D eigenvalue weighted by Gasteiger charge is 2.12. The fraction of sp³-hybridized carbons (Fsp3) is 0.467. The van der Waals surface area contributed by atoms with Crippen molar-refractivity contribution in [3.63, 3.8) is 0 Å². The third-order valence-electron chi connectivity index (χ3n) is 2.81. The molecule has 0 aliphatic heterocycles. The fourth-order valence-electron chi connectivity index (χ4n) is 1.77. The van der Waals surface area contributed by atoms with E-state index in [1.54, 1.807) is 7.11 Å². The molecule has 7 nitrogen and oxygen atoms in total. The summed E-state index contributed by atoms with van der Waals surface area (Å²) in [6.07, 6.45) is 1.68. The first-order chi connectivity index (χ1) is 10.5. The molecule has 0 heterocycles. The van der Waals surface area contributed by atoms with Gasteiger partial charge >= 0.3 is 11.9 Å². The monoisotopic (exact) mass is 312 g/mol. The van der Waals surface area contributed by atoms with Gasteiger partial charge in [0.25, 0.3) is 0 Å². The van der Waals surface area contributed by atoms with Crippen molar-refractivity contribution >= 4 is 11.9 Å². The van der Waals surface area contributed by atoms with Crippen LogP contribution in [0.15, 0.2) is 18.2 Å². The average Bonchev–Trinajstić information content (AvgIpc) is 2.48. The van der Waals surface area contributed by atoms with Gasteiger partial charge in [-0.3, -0.25) is 0 Å². The number of unbranched alkanes of at least 4 members (excludes halogenated alkanes) is 1. The maximum Gasteiger partial charge on any atom is 0.341 e. The van der Waals surface area contributed by atoms with Gasteiger partial charge in [0.1, 0.15) is 5.75 Å². The molecule has 0 aliphatic rings. The number of methoxy groups -OCH3 is 1. The smallest absolute Gasteiger partial charge is 0.341 e. The highest BCUT2D eigenvalue weighted by molar-refractivity contribution is 5.89. The summed E-state index contributed by atoms with van der Waals surface area (Å²) in [5, 5.41) is 17.7. The summed E-state index contributed by atoms with van der Waals surface area (Å²) >= 11 is 0. The number of benzene rings is 1. The Kier molecular flexibility index (Phi) is 7.95. The van der Waals surface area contributed by atoms with Gasteiger partial charge in [-0.25, -0.2) is 9.59 Å². The lowest BCUT2D eigenvalue weighted by atomic mass is 10.1. The van der Waals surface area contributed by atoms with Crippen LogP contribution in [0, 0.1) is 0 Å². The van der Waals surface area contributed by atoms with Gasteiger partial charge < -0.3 is 24.4 Å². The Morgan fingerprint density at radius 1 is 1.14 bits per heavy atom. The highest BCUT2D eigenvalue weighted by Crippen LogP contribution is 2.19. The van der Waals surface area contributed by atoms with Crippen LogP contribution in [0.4, 0.5) is 0 Å². The Morgan fingerprint density at radius 2 is 1.86 bits per heavy atom. The predicted octanol–water partition coefficient (Wildman–Crippen LogP) is 1.79. The number of aliphatic carboxylic acids is 1. The second kappa shape index (κ2) is 9.75. The third-order valence-corrected chi connectivity index (χ3v) is 2.81.